The molecule has 1 saturated heterocycles. The number of aromatic nitrogens is 3. The van der Waals surface area contributed by atoms with Crippen LogP contribution in [-0.2, 0) is 17.8 Å². The van der Waals surface area contributed by atoms with E-state index in [0.29, 0.717) is 30.2 Å². The highest BCUT2D eigenvalue weighted by Crippen LogP contribution is 2.21. The smallest absolute Gasteiger partial charge is 0.227 e. The molecule has 2 heterocycles. The summed E-state index contributed by atoms with van der Waals surface area (Å²) in [7, 11) is 0. The molecule has 0 spiro atoms. The fourth-order valence-corrected chi connectivity index (χ4v) is 3.72. The van der Waals surface area contributed by atoms with Gasteiger partial charge < -0.3 is 4.90 Å². The summed E-state index contributed by atoms with van der Waals surface area (Å²) in [4.78, 5) is 16.6. The van der Waals surface area contributed by atoms with Crippen molar-refractivity contribution in [1.29, 1.82) is 0 Å². The van der Waals surface area contributed by atoms with Crippen molar-refractivity contribution in [3.8, 4) is 5.69 Å². The molecule has 29 heavy (non-hydrogen) atoms. The van der Waals surface area contributed by atoms with Gasteiger partial charge in [0.2, 0.25) is 5.91 Å². The normalized spacial score (nSPS) is 14.9. The first kappa shape index (κ1) is 19.5. The second-order valence-electron chi connectivity index (χ2n) is 7.05. The molecule has 0 aliphatic carbocycles. The predicted molar refractivity (Wildman–Crippen MR) is 108 cm³/mol. The summed E-state index contributed by atoms with van der Waals surface area (Å²) in [5.41, 5.74) is 2.44. The van der Waals surface area contributed by atoms with Crippen LogP contribution in [0, 0.1) is 5.82 Å². The van der Waals surface area contributed by atoms with Crippen LogP contribution in [0.25, 0.3) is 5.69 Å². The Hall–Kier alpha value is -2.77. The molecule has 0 bridgehead atoms. The Kier molecular flexibility index (Phi) is 5.87. The maximum atomic E-state index is 13.3. The first-order valence-corrected chi connectivity index (χ1v) is 9.87. The molecule has 8 heteroatoms. The Bertz CT molecular complexity index is 1000. The SMILES string of the molecule is O=C(Cc1cccc(F)c1)N1CCN(Cc2cnnn2-c2ccccc2Cl)CC1. The Labute approximate surface area is 173 Å². The fraction of sp³-hybridized carbons (Fsp3) is 0.286. The number of carbonyl (C=O) groups is 1. The van der Waals surface area contributed by atoms with Gasteiger partial charge in [-0.2, -0.15) is 0 Å². The monoisotopic (exact) mass is 413 g/mol. The van der Waals surface area contributed by atoms with E-state index in [1.54, 1.807) is 23.0 Å². The van der Waals surface area contributed by atoms with Gasteiger partial charge in [-0.1, -0.05) is 41.1 Å². The first-order valence-electron chi connectivity index (χ1n) is 9.49. The van der Waals surface area contributed by atoms with Crippen molar-refractivity contribution < 1.29 is 9.18 Å². The maximum absolute atomic E-state index is 13.3. The van der Waals surface area contributed by atoms with Crippen molar-refractivity contribution >= 4 is 17.5 Å². The lowest BCUT2D eigenvalue weighted by atomic mass is 10.1. The van der Waals surface area contributed by atoms with Crippen LogP contribution >= 0.6 is 11.6 Å². The summed E-state index contributed by atoms with van der Waals surface area (Å²) in [6, 6.07) is 13.7. The molecule has 0 radical (unpaired) electrons. The highest BCUT2D eigenvalue weighted by atomic mass is 35.5. The third kappa shape index (κ3) is 4.63. The highest BCUT2D eigenvalue weighted by Gasteiger charge is 2.22. The Balaban J connectivity index is 1.35. The van der Waals surface area contributed by atoms with Gasteiger partial charge in [0.1, 0.15) is 5.82 Å². The molecule has 150 valence electrons. The molecule has 2 aromatic carbocycles. The van der Waals surface area contributed by atoms with Crippen LogP contribution in [0.5, 0.6) is 0 Å². The number of piperazine rings is 1. The standard InChI is InChI=1S/C21H21ClFN5O/c22-19-6-1-2-7-20(19)28-18(14-24-25-28)15-26-8-10-27(11-9-26)21(29)13-16-4-3-5-17(23)12-16/h1-7,12,14H,8-11,13,15H2. The number of amides is 1. The van der Waals surface area contributed by atoms with Crippen molar-refractivity contribution in [2.24, 2.45) is 0 Å². The molecule has 1 aromatic heterocycles. The molecule has 0 atom stereocenters. The van der Waals surface area contributed by atoms with E-state index < -0.39 is 0 Å². The van der Waals surface area contributed by atoms with Gasteiger partial charge in [-0.25, -0.2) is 9.07 Å². The van der Waals surface area contributed by atoms with Crippen molar-refractivity contribution in [2.75, 3.05) is 26.2 Å². The molecule has 1 amide bonds. The van der Waals surface area contributed by atoms with E-state index in [4.69, 9.17) is 11.6 Å². The number of nitrogens with zero attached hydrogens (tertiary/aromatic N) is 5. The van der Waals surface area contributed by atoms with Crippen LogP contribution in [0.1, 0.15) is 11.3 Å². The Morgan fingerprint density at radius 1 is 1.07 bits per heavy atom. The second-order valence-corrected chi connectivity index (χ2v) is 7.46. The molecular formula is C21H21ClFN5O. The average molecular weight is 414 g/mol. The Morgan fingerprint density at radius 2 is 1.86 bits per heavy atom. The first-order chi connectivity index (χ1) is 14.1. The van der Waals surface area contributed by atoms with E-state index in [9.17, 15) is 9.18 Å². The van der Waals surface area contributed by atoms with Crippen molar-refractivity contribution in [1.82, 2.24) is 24.8 Å². The number of hydrogen-bond acceptors (Lipinski definition) is 4. The van der Waals surface area contributed by atoms with Gasteiger partial charge in [0.05, 0.1) is 29.0 Å². The number of halogens is 2. The van der Waals surface area contributed by atoms with Crippen LogP contribution in [0.15, 0.2) is 54.7 Å². The lowest BCUT2D eigenvalue weighted by Crippen LogP contribution is -2.48. The number of hydrogen-bond donors (Lipinski definition) is 0. The number of carbonyl (C=O) groups excluding carboxylic acids is 1. The zero-order chi connectivity index (χ0) is 20.2. The van der Waals surface area contributed by atoms with Crippen LogP contribution in [0.3, 0.4) is 0 Å². The molecule has 0 N–H and O–H groups in total. The van der Waals surface area contributed by atoms with Crippen molar-refractivity contribution in [3.63, 3.8) is 0 Å². The van der Waals surface area contributed by atoms with E-state index in [-0.39, 0.29) is 18.1 Å². The van der Waals surface area contributed by atoms with Crippen molar-refractivity contribution in [2.45, 2.75) is 13.0 Å². The number of para-hydroxylation sites is 1. The van der Waals surface area contributed by atoms with Crippen LogP contribution in [0.4, 0.5) is 4.39 Å². The molecule has 1 aliphatic heterocycles. The maximum Gasteiger partial charge on any atom is 0.227 e. The van der Waals surface area contributed by atoms with Crippen LogP contribution in [-0.4, -0.2) is 56.9 Å². The third-order valence-corrected chi connectivity index (χ3v) is 5.38. The zero-order valence-corrected chi connectivity index (χ0v) is 16.6. The van der Waals surface area contributed by atoms with E-state index in [2.05, 4.69) is 15.2 Å². The molecule has 1 fully saturated rings. The minimum Gasteiger partial charge on any atom is -0.340 e. The number of rotatable bonds is 5. The minimum atomic E-state index is -0.316. The van der Waals surface area contributed by atoms with Crippen LogP contribution < -0.4 is 0 Å². The molecule has 1 aliphatic rings. The van der Waals surface area contributed by atoms with Gasteiger partial charge >= 0.3 is 0 Å². The topological polar surface area (TPSA) is 54.3 Å². The lowest BCUT2D eigenvalue weighted by molar-refractivity contribution is -0.132. The number of benzene rings is 2. The summed E-state index contributed by atoms with van der Waals surface area (Å²) in [6.45, 7) is 3.46. The molecule has 4 rings (SSSR count). The van der Waals surface area contributed by atoms with Gasteiger partial charge in [0.25, 0.3) is 0 Å². The van der Waals surface area contributed by atoms with Gasteiger partial charge in [-0.05, 0) is 29.8 Å². The van der Waals surface area contributed by atoms with Gasteiger partial charge in [0.15, 0.2) is 0 Å². The molecule has 0 saturated carbocycles. The predicted octanol–water partition coefficient (Wildman–Crippen LogP) is 2.95. The van der Waals surface area contributed by atoms with Gasteiger partial charge in [-0.3, -0.25) is 9.69 Å². The summed E-state index contributed by atoms with van der Waals surface area (Å²) < 4.78 is 15.1. The lowest BCUT2D eigenvalue weighted by Gasteiger charge is -2.34. The summed E-state index contributed by atoms with van der Waals surface area (Å²) >= 11 is 6.29. The molecule has 6 nitrogen and oxygen atoms in total. The molecule has 3 aromatic rings. The minimum absolute atomic E-state index is 0.0259. The van der Waals surface area contributed by atoms with Crippen molar-refractivity contribution in [3.05, 3.63) is 76.8 Å². The van der Waals surface area contributed by atoms with E-state index >= 15 is 0 Å². The van der Waals surface area contributed by atoms with Crippen LogP contribution in [0.2, 0.25) is 5.02 Å². The zero-order valence-electron chi connectivity index (χ0n) is 15.8. The van der Waals surface area contributed by atoms with E-state index in [1.807, 2.05) is 29.2 Å². The van der Waals surface area contributed by atoms with E-state index in [1.165, 1.54) is 12.1 Å². The summed E-state index contributed by atoms with van der Waals surface area (Å²) in [6.07, 6.45) is 1.96. The third-order valence-electron chi connectivity index (χ3n) is 5.06. The average Bonchev–Trinajstić information content (AvgIpc) is 3.17. The molecular weight excluding hydrogens is 393 g/mol. The van der Waals surface area contributed by atoms with Gasteiger partial charge in [-0.15, -0.1) is 5.10 Å². The molecule has 0 unspecified atom stereocenters. The van der Waals surface area contributed by atoms with E-state index in [0.717, 1.165) is 24.5 Å². The highest BCUT2D eigenvalue weighted by molar-refractivity contribution is 6.32. The summed E-state index contributed by atoms with van der Waals surface area (Å²) in [5, 5.41) is 8.82. The largest absolute Gasteiger partial charge is 0.340 e. The second kappa shape index (κ2) is 8.71. The summed E-state index contributed by atoms with van der Waals surface area (Å²) in [5.74, 6) is -0.290. The quantitative estimate of drug-likeness (QED) is 0.645. The Morgan fingerprint density at radius 3 is 2.62 bits per heavy atom. The fourth-order valence-electron chi connectivity index (χ4n) is 3.51. The van der Waals surface area contributed by atoms with Gasteiger partial charge in [0, 0.05) is 32.7 Å².